The van der Waals surface area contributed by atoms with Gasteiger partial charge in [0, 0.05) is 25.1 Å². The lowest BCUT2D eigenvalue weighted by molar-refractivity contribution is 0.812. The van der Waals surface area contributed by atoms with Gasteiger partial charge in [0.2, 0.25) is 0 Å². The number of imidazole rings is 1. The van der Waals surface area contributed by atoms with Crippen molar-refractivity contribution in [3.05, 3.63) is 107 Å². The molecule has 0 aliphatic carbocycles. The highest BCUT2D eigenvalue weighted by atomic mass is 32.1. The number of aromatic nitrogens is 2. The first-order valence-corrected chi connectivity index (χ1v) is 13.7. The van der Waals surface area contributed by atoms with Gasteiger partial charge in [0.1, 0.15) is 5.82 Å². The molecule has 2 nitrogen and oxygen atoms in total. The Morgan fingerprint density at radius 1 is 0.784 bits per heavy atom. The highest BCUT2D eigenvalue weighted by Gasteiger charge is 2.24. The van der Waals surface area contributed by atoms with Gasteiger partial charge in [-0.25, -0.2) is 4.98 Å². The van der Waals surface area contributed by atoms with Crippen molar-refractivity contribution in [1.29, 1.82) is 0 Å². The molecule has 2 heterocycles. The number of para-hydroxylation sites is 2. The van der Waals surface area contributed by atoms with E-state index in [1.165, 1.54) is 27.9 Å². The molecule has 0 spiro atoms. The lowest BCUT2D eigenvalue weighted by Gasteiger charge is -2.24. The van der Waals surface area contributed by atoms with Gasteiger partial charge in [-0.3, -0.25) is 4.57 Å². The summed E-state index contributed by atoms with van der Waals surface area (Å²) in [6.45, 7) is 6.89. The molecule has 0 bridgehead atoms. The Bertz CT molecular complexity index is 1810. The van der Waals surface area contributed by atoms with Crippen LogP contribution < -0.4 is 0 Å². The van der Waals surface area contributed by atoms with Crippen LogP contribution in [0.4, 0.5) is 0 Å². The third-order valence-electron chi connectivity index (χ3n) is 7.12. The summed E-state index contributed by atoms with van der Waals surface area (Å²) in [5.41, 5.74) is 9.56. The molecule has 6 aromatic rings. The smallest absolute Gasteiger partial charge is 0.147 e. The summed E-state index contributed by atoms with van der Waals surface area (Å²) in [6, 6.07) is 29.1. The van der Waals surface area contributed by atoms with E-state index in [1.807, 2.05) is 12.1 Å². The number of fused-ring (bicyclic) bond motifs is 2. The highest BCUT2D eigenvalue weighted by Crippen LogP contribution is 2.42. The fourth-order valence-electron chi connectivity index (χ4n) is 5.25. The maximum Gasteiger partial charge on any atom is 0.147 e. The molecule has 0 amide bonds. The van der Waals surface area contributed by atoms with E-state index in [1.54, 1.807) is 23.5 Å². The van der Waals surface area contributed by atoms with Crippen LogP contribution in [-0.2, 0) is 0 Å². The minimum Gasteiger partial charge on any atom is -0.292 e. The third kappa shape index (κ3) is 4.08. The van der Waals surface area contributed by atoms with E-state index in [4.69, 9.17) is 9.10 Å². The van der Waals surface area contributed by atoms with Crippen LogP contribution in [0.2, 0.25) is 0 Å². The molecule has 3 heteroatoms. The molecule has 0 N–H and O–H groups in total. The summed E-state index contributed by atoms with van der Waals surface area (Å²) in [4.78, 5) is 5.19. The molecule has 2 aromatic heterocycles. The minimum absolute atomic E-state index is 0.284. The third-order valence-corrected chi connectivity index (χ3v) is 8.07. The normalized spacial score (nSPS) is 13.4. The number of rotatable bonds is 5. The summed E-state index contributed by atoms with van der Waals surface area (Å²) in [6.07, 6.45) is 0. The van der Waals surface area contributed by atoms with Crippen molar-refractivity contribution in [3.8, 4) is 28.2 Å². The second-order valence-corrected chi connectivity index (χ2v) is 11.2. The molecule has 37 heavy (non-hydrogen) atoms. The fraction of sp³-hybridized carbons (Fsp3) is 0.206. The summed E-state index contributed by atoms with van der Waals surface area (Å²) < 4.78 is 26.9. The van der Waals surface area contributed by atoms with Crippen LogP contribution in [0.3, 0.4) is 0 Å². The van der Waals surface area contributed by atoms with Gasteiger partial charge >= 0.3 is 0 Å². The van der Waals surface area contributed by atoms with Crippen molar-refractivity contribution in [2.24, 2.45) is 0 Å². The zero-order valence-electron chi connectivity index (χ0n) is 24.6. The van der Waals surface area contributed by atoms with E-state index in [9.17, 15) is 0 Å². The predicted molar refractivity (Wildman–Crippen MR) is 160 cm³/mol. The zero-order chi connectivity index (χ0) is 28.2. The number of nitrogens with zero attached hydrogens (tertiary/aromatic N) is 2. The van der Waals surface area contributed by atoms with Crippen molar-refractivity contribution in [2.45, 2.75) is 46.4 Å². The van der Waals surface area contributed by atoms with Crippen molar-refractivity contribution in [1.82, 2.24) is 9.55 Å². The molecule has 0 fully saturated rings. The Kier molecular flexibility index (Phi) is 5.13. The van der Waals surface area contributed by atoms with Crippen LogP contribution in [-0.4, -0.2) is 9.55 Å². The first kappa shape index (κ1) is 20.4. The molecular weight excluding hydrogens is 468 g/mol. The maximum atomic E-state index is 7.87. The van der Waals surface area contributed by atoms with E-state index in [0.717, 1.165) is 32.5 Å². The molecule has 0 aliphatic rings. The van der Waals surface area contributed by atoms with Crippen LogP contribution in [0.25, 0.3) is 49.3 Å². The van der Waals surface area contributed by atoms with E-state index in [-0.39, 0.29) is 11.8 Å². The van der Waals surface area contributed by atoms with Crippen molar-refractivity contribution in [2.75, 3.05) is 0 Å². The van der Waals surface area contributed by atoms with Gasteiger partial charge in [-0.1, -0.05) is 82.3 Å². The Morgan fingerprint density at radius 2 is 1.49 bits per heavy atom. The average molecular weight is 504 g/mol. The van der Waals surface area contributed by atoms with Gasteiger partial charge < -0.3 is 0 Å². The first-order chi connectivity index (χ1) is 19.1. The number of aryl methyl sites for hydroxylation is 1. The molecule has 0 radical (unpaired) electrons. The molecule has 0 unspecified atom stereocenters. The van der Waals surface area contributed by atoms with E-state index in [0.29, 0.717) is 5.56 Å². The molecule has 0 aliphatic heterocycles. The first-order valence-electron chi connectivity index (χ1n) is 14.4. The van der Waals surface area contributed by atoms with Crippen LogP contribution in [0, 0.1) is 6.85 Å². The summed E-state index contributed by atoms with van der Waals surface area (Å²) >= 11 is 1.57. The standard InChI is InChI=1S/C34H32N2S/c1-21(2)27-18-25(24-11-7-6-8-12-24)19-28(22(3)4)33(27)36-31-14-10-9-13-30(31)35-34(36)29-20-37-32-17-23(5)15-16-26(29)32/h6-22H,1-5H3/i5D3. The lowest BCUT2D eigenvalue weighted by Crippen LogP contribution is -2.09. The molecule has 6 rings (SSSR count). The zero-order valence-corrected chi connectivity index (χ0v) is 22.4. The van der Waals surface area contributed by atoms with E-state index in [2.05, 4.69) is 98.3 Å². The van der Waals surface area contributed by atoms with Crippen LogP contribution in [0.1, 0.15) is 60.3 Å². The van der Waals surface area contributed by atoms with Gasteiger partial charge in [0.05, 0.1) is 16.7 Å². The number of hydrogen-bond acceptors (Lipinski definition) is 2. The summed E-state index contributed by atoms with van der Waals surface area (Å²) in [5.74, 6) is 1.45. The largest absolute Gasteiger partial charge is 0.292 e. The lowest BCUT2D eigenvalue weighted by atomic mass is 9.88. The van der Waals surface area contributed by atoms with Crippen molar-refractivity contribution < 1.29 is 4.11 Å². The number of hydrogen-bond donors (Lipinski definition) is 0. The van der Waals surface area contributed by atoms with Gasteiger partial charge in [-0.15, -0.1) is 11.3 Å². The Morgan fingerprint density at radius 3 is 2.19 bits per heavy atom. The molecule has 0 atom stereocenters. The van der Waals surface area contributed by atoms with Crippen LogP contribution in [0.15, 0.2) is 90.3 Å². The second-order valence-electron chi connectivity index (χ2n) is 10.3. The maximum absolute atomic E-state index is 7.87. The SMILES string of the molecule is [2H]C([2H])([2H])c1ccc2c(-c3nc4ccccc4n3-c3c(C(C)C)cc(-c4ccccc4)cc3C(C)C)csc2c1. The van der Waals surface area contributed by atoms with Crippen LogP contribution in [0.5, 0.6) is 0 Å². The highest BCUT2D eigenvalue weighted by molar-refractivity contribution is 7.17. The topological polar surface area (TPSA) is 17.8 Å². The predicted octanol–water partition coefficient (Wildman–Crippen LogP) is 10.1. The van der Waals surface area contributed by atoms with Crippen molar-refractivity contribution >= 4 is 32.5 Å². The van der Waals surface area contributed by atoms with E-state index < -0.39 is 6.85 Å². The number of thiophene rings is 1. The molecular formula is C34H32N2S. The minimum atomic E-state index is -2.13. The Hall–Kier alpha value is -3.69. The molecule has 4 aromatic carbocycles. The molecule has 184 valence electrons. The fourth-order valence-corrected chi connectivity index (χ4v) is 6.23. The summed E-state index contributed by atoms with van der Waals surface area (Å²) in [5, 5.41) is 3.14. The Labute approximate surface area is 227 Å². The molecule has 0 saturated heterocycles. The van der Waals surface area contributed by atoms with E-state index >= 15 is 0 Å². The number of benzene rings is 4. The van der Waals surface area contributed by atoms with Gasteiger partial charge in [0.15, 0.2) is 0 Å². The average Bonchev–Trinajstić information content (AvgIpc) is 3.53. The van der Waals surface area contributed by atoms with Crippen LogP contribution >= 0.6 is 11.3 Å². The Balaban J connectivity index is 1.67. The van der Waals surface area contributed by atoms with Gasteiger partial charge in [-0.05, 0) is 76.8 Å². The molecule has 0 saturated carbocycles. The second kappa shape index (κ2) is 9.32. The van der Waals surface area contributed by atoms with Gasteiger partial charge in [0.25, 0.3) is 0 Å². The monoisotopic (exact) mass is 503 g/mol. The van der Waals surface area contributed by atoms with Crippen molar-refractivity contribution in [3.63, 3.8) is 0 Å². The van der Waals surface area contributed by atoms with Gasteiger partial charge in [-0.2, -0.15) is 0 Å². The summed E-state index contributed by atoms with van der Waals surface area (Å²) in [7, 11) is 0. The quantitative estimate of drug-likeness (QED) is 0.229.